The number of nitrogens with zero attached hydrogens (tertiary/aromatic N) is 4. The summed E-state index contributed by atoms with van der Waals surface area (Å²) >= 11 is 1.44. The predicted molar refractivity (Wildman–Crippen MR) is 121 cm³/mol. The third kappa shape index (κ3) is 4.46. The number of amides is 1. The summed E-state index contributed by atoms with van der Waals surface area (Å²) in [5, 5.41) is 6.38. The van der Waals surface area contributed by atoms with Crippen molar-refractivity contribution in [3.63, 3.8) is 0 Å². The van der Waals surface area contributed by atoms with Gasteiger partial charge in [0.15, 0.2) is 5.13 Å². The van der Waals surface area contributed by atoms with Crippen LogP contribution in [0.25, 0.3) is 22.2 Å². The standard InChI is InChI=1S/C23H21N5O2S/c29-22(27-23-25-17(15-31-23)14-28-9-11-30-12-10-28)19-13-21(16-5-7-24-8-6-16)26-20-4-2-1-3-18(19)20/h1-8,13,15H,9-12,14H2,(H,25,27,29). The molecule has 3 aromatic heterocycles. The molecule has 0 unspecified atom stereocenters. The van der Waals surface area contributed by atoms with Crippen LogP contribution in [0.2, 0.25) is 0 Å². The number of pyridine rings is 2. The summed E-state index contributed by atoms with van der Waals surface area (Å²) in [6.45, 7) is 4.07. The van der Waals surface area contributed by atoms with Crippen molar-refractivity contribution >= 4 is 33.3 Å². The number of morpholine rings is 1. The van der Waals surface area contributed by atoms with E-state index in [4.69, 9.17) is 9.72 Å². The summed E-state index contributed by atoms with van der Waals surface area (Å²) in [4.78, 5) is 28.9. The zero-order valence-electron chi connectivity index (χ0n) is 16.8. The van der Waals surface area contributed by atoms with Crippen LogP contribution in [0, 0.1) is 0 Å². The van der Waals surface area contributed by atoms with Gasteiger partial charge in [-0.05, 0) is 24.3 Å². The molecule has 0 bridgehead atoms. The highest BCUT2D eigenvalue weighted by molar-refractivity contribution is 7.14. The smallest absolute Gasteiger partial charge is 0.258 e. The molecule has 31 heavy (non-hydrogen) atoms. The molecule has 0 atom stereocenters. The molecule has 4 heterocycles. The number of anilines is 1. The number of carbonyl (C=O) groups excluding carboxylic acids is 1. The third-order valence-electron chi connectivity index (χ3n) is 5.20. The van der Waals surface area contributed by atoms with E-state index in [0.29, 0.717) is 10.7 Å². The molecule has 0 radical (unpaired) electrons. The summed E-state index contributed by atoms with van der Waals surface area (Å²) in [5.74, 6) is -0.193. The van der Waals surface area contributed by atoms with E-state index in [-0.39, 0.29) is 5.91 Å². The number of rotatable bonds is 5. The molecule has 0 saturated carbocycles. The van der Waals surface area contributed by atoms with Gasteiger partial charge in [0.05, 0.1) is 35.7 Å². The Kier molecular flexibility index (Phi) is 5.66. The van der Waals surface area contributed by atoms with Gasteiger partial charge in [-0.15, -0.1) is 11.3 Å². The molecule has 1 saturated heterocycles. The Balaban J connectivity index is 1.40. The van der Waals surface area contributed by atoms with Crippen molar-refractivity contribution in [3.05, 3.63) is 71.5 Å². The van der Waals surface area contributed by atoms with Crippen LogP contribution in [0.4, 0.5) is 5.13 Å². The fourth-order valence-corrected chi connectivity index (χ4v) is 4.32. The Hall–Kier alpha value is -3.20. The molecule has 5 rings (SSSR count). The van der Waals surface area contributed by atoms with Gasteiger partial charge in [0, 0.05) is 48.4 Å². The lowest BCUT2D eigenvalue weighted by atomic mass is 10.0. The summed E-state index contributed by atoms with van der Waals surface area (Å²) in [7, 11) is 0. The van der Waals surface area contributed by atoms with Crippen molar-refractivity contribution < 1.29 is 9.53 Å². The van der Waals surface area contributed by atoms with Crippen LogP contribution >= 0.6 is 11.3 Å². The minimum atomic E-state index is -0.193. The largest absolute Gasteiger partial charge is 0.379 e. The SMILES string of the molecule is O=C(Nc1nc(CN2CCOCC2)cs1)c1cc(-c2ccncc2)nc2ccccc12. The van der Waals surface area contributed by atoms with Gasteiger partial charge in [-0.25, -0.2) is 9.97 Å². The fraction of sp³-hybridized carbons (Fsp3) is 0.217. The van der Waals surface area contributed by atoms with E-state index < -0.39 is 0 Å². The first-order valence-electron chi connectivity index (χ1n) is 10.1. The minimum absolute atomic E-state index is 0.193. The lowest BCUT2D eigenvalue weighted by molar-refractivity contribution is 0.0337. The molecule has 1 amide bonds. The second-order valence-electron chi connectivity index (χ2n) is 7.29. The molecule has 156 valence electrons. The Morgan fingerprint density at radius 3 is 2.74 bits per heavy atom. The average Bonchev–Trinajstić information content (AvgIpc) is 3.26. The summed E-state index contributed by atoms with van der Waals surface area (Å²) in [6, 6.07) is 13.3. The van der Waals surface area contributed by atoms with Crippen molar-refractivity contribution in [1.82, 2.24) is 19.9 Å². The van der Waals surface area contributed by atoms with Gasteiger partial charge in [-0.1, -0.05) is 18.2 Å². The number of aromatic nitrogens is 3. The van der Waals surface area contributed by atoms with Crippen LogP contribution in [0.5, 0.6) is 0 Å². The van der Waals surface area contributed by atoms with Gasteiger partial charge in [-0.2, -0.15) is 0 Å². The number of thiazole rings is 1. The number of hydrogen-bond donors (Lipinski definition) is 1. The normalized spacial score (nSPS) is 14.6. The van der Waals surface area contributed by atoms with Crippen LogP contribution in [-0.2, 0) is 11.3 Å². The number of benzene rings is 1. The second kappa shape index (κ2) is 8.89. The zero-order chi connectivity index (χ0) is 21.0. The van der Waals surface area contributed by atoms with Gasteiger partial charge in [0.25, 0.3) is 5.91 Å². The van der Waals surface area contributed by atoms with E-state index in [1.807, 2.05) is 47.8 Å². The molecule has 8 heteroatoms. The van der Waals surface area contributed by atoms with Gasteiger partial charge in [-0.3, -0.25) is 20.0 Å². The third-order valence-corrected chi connectivity index (χ3v) is 6.00. The molecule has 1 aliphatic heterocycles. The highest BCUT2D eigenvalue weighted by atomic mass is 32.1. The molecule has 4 aromatic rings. The molecule has 0 spiro atoms. The number of carbonyl (C=O) groups is 1. The van der Waals surface area contributed by atoms with Crippen molar-refractivity contribution in [2.24, 2.45) is 0 Å². The Morgan fingerprint density at radius 1 is 1.10 bits per heavy atom. The number of ether oxygens (including phenoxy) is 1. The molecule has 1 fully saturated rings. The molecule has 1 N–H and O–H groups in total. The maximum absolute atomic E-state index is 13.2. The van der Waals surface area contributed by atoms with E-state index in [0.717, 1.165) is 60.7 Å². The number of fused-ring (bicyclic) bond motifs is 1. The highest BCUT2D eigenvalue weighted by Crippen LogP contribution is 2.26. The van der Waals surface area contributed by atoms with Crippen LogP contribution in [-0.4, -0.2) is 52.1 Å². The monoisotopic (exact) mass is 431 g/mol. The first kappa shape index (κ1) is 19.7. The summed E-state index contributed by atoms with van der Waals surface area (Å²) < 4.78 is 5.40. The summed E-state index contributed by atoms with van der Waals surface area (Å²) in [5.41, 5.74) is 3.95. The van der Waals surface area contributed by atoms with E-state index in [9.17, 15) is 4.79 Å². The van der Waals surface area contributed by atoms with E-state index in [1.54, 1.807) is 12.4 Å². The summed E-state index contributed by atoms with van der Waals surface area (Å²) in [6.07, 6.45) is 3.44. The van der Waals surface area contributed by atoms with Gasteiger partial charge < -0.3 is 4.74 Å². The van der Waals surface area contributed by atoms with Crippen LogP contribution in [0.3, 0.4) is 0 Å². The highest BCUT2D eigenvalue weighted by Gasteiger charge is 2.17. The second-order valence-corrected chi connectivity index (χ2v) is 8.15. The zero-order valence-corrected chi connectivity index (χ0v) is 17.6. The first-order chi connectivity index (χ1) is 15.3. The van der Waals surface area contributed by atoms with Crippen LogP contribution in [0.15, 0.2) is 60.2 Å². The molecule has 1 aliphatic rings. The van der Waals surface area contributed by atoms with Crippen molar-refractivity contribution in [3.8, 4) is 11.3 Å². The minimum Gasteiger partial charge on any atom is -0.379 e. The lowest BCUT2D eigenvalue weighted by Gasteiger charge is -2.25. The maximum atomic E-state index is 13.2. The van der Waals surface area contributed by atoms with Gasteiger partial charge >= 0.3 is 0 Å². The van der Waals surface area contributed by atoms with Crippen molar-refractivity contribution in [2.75, 3.05) is 31.6 Å². The Labute approximate surface area is 183 Å². The first-order valence-corrected chi connectivity index (χ1v) is 11.0. The molecule has 0 aliphatic carbocycles. The molecular weight excluding hydrogens is 410 g/mol. The van der Waals surface area contributed by atoms with E-state index in [2.05, 4.69) is 20.2 Å². The van der Waals surface area contributed by atoms with E-state index >= 15 is 0 Å². The number of hydrogen-bond acceptors (Lipinski definition) is 7. The van der Waals surface area contributed by atoms with Crippen molar-refractivity contribution in [1.29, 1.82) is 0 Å². The van der Waals surface area contributed by atoms with Crippen molar-refractivity contribution in [2.45, 2.75) is 6.54 Å². The molecular formula is C23H21N5O2S. The van der Waals surface area contributed by atoms with Gasteiger partial charge in [0.2, 0.25) is 0 Å². The van der Waals surface area contributed by atoms with Crippen LogP contribution in [0.1, 0.15) is 16.1 Å². The number of para-hydroxylation sites is 1. The Bertz CT molecular complexity index is 1210. The predicted octanol–water partition coefficient (Wildman–Crippen LogP) is 3.84. The fourth-order valence-electron chi connectivity index (χ4n) is 3.62. The maximum Gasteiger partial charge on any atom is 0.258 e. The molecule has 1 aromatic carbocycles. The quantitative estimate of drug-likeness (QED) is 0.517. The number of nitrogens with one attached hydrogen (secondary N) is 1. The van der Waals surface area contributed by atoms with Gasteiger partial charge in [0.1, 0.15) is 0 Å². The van der Waals surface area contributed by atoms with Crippen LogP contribution < -0.4 is 5.32 Å². The molecule has 7 nitrogen and oxygen atoms in total. The van der Waals surface area contributed by atoms with E-state index in [1.165, 1.54) is 11.3 Å². The lowest BCUT2D eigenvalue weighted by Crippen LogP contribution is -2.35. The average molecular weight is 432 g/mol. The Morgan fingerprint density at radius 2 is 1.90 bits per heavy atom. The topological polar surface area (TPSA) is 80.2 Å².